The molecule has 3 aromatic rings. The first-order valence-electron chi connectivity index (χ1n) is 11.9. The van der Waals surface area contributed by atoms with E-state index in [1.807, 2.05) is 29.1 Å². The molecule has 34 heavy (non-hydrogen) atoms. The van der Waals surface area contributed by atoms with E-state index >= 15 is 0 Å². The summed E-state index contributed by atoms with van der Waals surface area (Å²) in [6, 6.07) is 14.3. The van der Waals surface area contributed by atoms with Gasteiger partial charge < -0.3 is 5.32 Å². The molecule has 6 heteroatoms. The summed E-state index contributed by atoms with van der Waals surface area (Å²) in [5.74, 6) is 0.0959. The minimum atomic E-state index is -0.248. The van der Waals surface area contributed by atoms with E-state index in [0.717, 1.165) is 42.6 Å². The standard InChI is InChI=1S/C28H27ClFN3O/c1-17(34)32-26(18-4-3-5-21(29)12-18)24-15-28(24)11-10-20-13-25-19(14-27(20,28)2)16-31-33(25)23-8-6-22(30)7-9-23/h3-9,12-13,16,24,26H,10-11,14-15H2,1-2H3,(H,32,34)/t24?,26?,27-,28?/m0/s1. The normalized spacial score (nSPS) is 27.6. The Labute approximate surface area is 203 Å². The summed E-state index contributed by atoms with van der Waals surface area (Å²) in [6.07, 6.45) is 8.44. The second-order valence-corrected chi connectivity index (χ2v) is 10.8. The van der Waals surface area contributed by atoms with Crippen molar-refractivity contribution >= 4 is 23.6 Å². The third kappa shape index (κ3) is 3.17. The van der Waals surface area contributed by atoms with Crippen LogP contribution in [-0.2, 0) is 11.2 Å². The minimum absolute atomic E-state index is 0.0163. The molecule has 1 aromatic heterocycles. The molecule has 0 bridgehead atoms. The van der Waals surface area contributed by atoms with Gasteiger partial charge in [0, 0.05) is 11.9 Å². The number of carbonyl (C=O) groups excluding carboxylic acids is 1. The van der Waals surface area contributed by atoms with Gasteiger partial charge in [-0.15, -0.1) is 0 Å². The molecule has 3 aliphatic rings. The molecule has 1 spiro atoms. The molecule has 2 fully saturated rings. The minimum Gasteiger partial charge on any atom is -0.349 e. The number of amides is 1. The van der Waals surface area contributed by atoms with Gasteiger partial charge in [0.05, 0.1) is 23.6 Å². The van der Waals surface area contributed by atoms with E-state index in [9.17, 15) is 9.18 Å². The smallest absolute Gasteiger partial charge is 0.217 e. The summed E-state index contributed by atoms with van der Waals surface area (Å²) in [6.45, 7) is 3.98. The van der Waals surface area contributed by atoms with Crippen molar-refractivity contribution in [3.05, 3.63) is 88.0 Å². The van der Waals surface area contributed by atoms with E-state index < -0.39 is 0 Å². The van der Waals surface area contributed by atoms with Gasteiger partial charge in [0.15, 0.2) is 0 Å². The Kier molecular flexibility index (Phi) is 4.79. The molecule has 174 valence electrons. The summed E-state index contributed by atoms with van der Waals surface area (Å²) >= 11 is 6.31. The van der Waals surface area contributed by atoms with Crippen LogP contribution in [0.2, 0.25) is 5.02 Å². The molecule has 4 nitrogen and oxygen atoms in total. The summed E-state index contributed by atoms with van der Waals surface area (Å²) in [4.78, 5) is 12.1. The van der Waals surface area contributed by atoms with Crippen molar-refractivity contribution in [1.29, 1.82) is 0 Å². The maximum Gasteiger partial charge on any atom is 0.217 e. The zero-order valence-electron chi connectivity index (χ0n) is 19.3. The predicted molar refractivity (Wildman–Crippen MR) is 131 cm³/mol. The van der Waals surface area contributed by atoms with Crippen LogP contribution in [0, 0.1) is 22.6 Å². The van der Waals surface area contributed by atoms with Crippen LogP contribution in [0.15, 0.2) is 60.3 Å². The summed E-state index contributed by atoms with van der Waals surface area (Å²) in [7, 11) is 0. The number of rotatable bonds is 4. The van der Waals surface area contributed by atoms with Crippen molar-refractivity contribution in [3.8, 4) is 5.69 Å². The number of carbonyl (C=O) groups is 1. The quantitative estimate of drug-likeness (QED) is 0.482. The third-order valence-corrected chi connectivity index (χ3v) is 8.80. The number of fused-ring (bicyclic) bond motifs is 3. The van der Waals surface area contributed by atoms with Crippen LogP contribution in [0.25, 0.3) is 11.8 Å². The highest BCUT2D eigenvalue weighted by atomic mass is 35.5. The molecule has 6 rings (SSSR count). The van der Waals surface area contributed by atoms with E-state index in [1.54, 1.807) is 19.1 Å². The molecule has 1 amide bonds. The van der Waals surface area contributed by atoms with Crippen molar-refractivity contribution in [2.45, 2.75) is 45.6 Å². The Hall–Kier alpha value is -2.92. The van der Waals surface area contributed by atoms with Gasteiger partial charge in [-0.1, -0.05) is 36.2 Å². The van der Waals surface area contributed by atoms with Gasteiger partial charge in [0.25, 0.3) is 0 Å². The van der Waals surface area contributed by atoms with Crippen molar-refractivity contribution in [3.63, 3.8) is 0 Å². The second kappa shape index (κ2) is 7.54. The molecule has 0 aliphatic heterocycles. The number of halogens is 2. The van der Waals surface area contributed by atoms with Crippen LogP contribution in [0.1, 0.15) is 56.0 Å². The lowest BCUT2D eigenvalue weighted by Crippen LogP contribution is -2.35. The Bertz CT molecular complexity index is 1330. The number of hydrogen-bond donors (Lipinski definition) is 1. The Morgan fingerprint density at radius 3 is 2.79 bits per heavy atom. The molecule has 2 saturated carbocycles. The van der Waals surface area contributed by atoms with Crippen LogP contribution in [0.5, 0.6) is 0 Å². The van der Waals surface area contributed by atoms with Crippen molar-refractivity contribution in [1.82, 2.24) is 15.1 Å². The van der Waals surface area contributed by atoms with Crippen molar-refractivity contribution in [2.24, 2.45) is 16.7 Å². The van der Waals surface area contributed by atoms with Crippen molar-refractivity contribution in [2.75, 3.05) is 0 Å². The summed E-state index contributed by atoms with van der Waals surface area (Å²) < 4.78 is 15.4. The average Bonchev–Trinajstić information content (AvgIpc) is 3.31. The topological polar surface area (TPSA) is 46.9 Å². The third-order valence-electron chi connectivity index (χ3n) is 8.56. The molecule has 3 unspecified atom stereocenters. The Morgan fingerprint density at radius 1 is 1.26 bits per heavy atom. The number of nitrogens with one attached hydrogen (secondary N) is 1. The van der Waals surface area contributed by atoms with E-state index in [2.05, 4.69) is 29.5 Å². The van der Waals surface area contributed by atoms with Crippen LogP contribution >= 0.6 is 11.6 Å². The SMILES string of the molecule is CC(=O)NC(c1cccc(Cl)c1)C1CC12CCC1=Cc3c(cnn3-c3ccc(F)cc3)C[C@@]12C. The number of benzene rings is 2. The number of nitrogens with zero attached hydrogens (tertiary/aromatic N) is 2. The molecule has 4 atom stereocenters. The first-order valence-corrected chi connectivity index (χ1v) is 12.2. The molecule has 2 aromatic carbocycles. The van der Waals surface area contributed by atoms with Crippen LogP contribution in [0.3, 0.4) is 0 Å². The Balaban J connectivity index is 1.35. The molecule has 3 aliphatic carbocycles. The highest BCUT2D eigenvalue weighted by molar-refractivity contribution is 6.30. The van der Waals surface area contributed by atoms with Gasteiger partial charge >= 0.3 is 0 Å². The Morgan fingerprint density at radius 2 is 2.06 bits per heavy atom. The van der Waals surface area contributed by atoms with Crippen LogP contribution in [0.4, 0.5) is 4.39 Å². The zero-order valence-corrected chi connectivity index (χ0v) is 20.1. The number of aromatic nitrogens is 2. The fourth-order valence-corrected chi connectivity index (χ4v) is 6.99. The second-order valence-electron chi connectivity index (χ2n) is 10.3. The maximum atomic E-state index is 13.4. The van der Waals surface area contributed by atoms with Gasteiger partial charge in [0.1, 0.15) is 5.82 Å². The van der Waals surface area contributed by atoms with E-state index in [1.165, 1.54) is 23.3 Å². The van der Waals surface area contributed by atoms with E-state index in [-0.39, 0.29) is 28.6 Å². The molecular formula is C28H27ClFN3O. The first kappa shape index (κ1) is 21.6. The number of hydrogen-bond acceptors (Lipinski definition) is 2. The highest BCUT2D eigenvalue weighted by Crippen LogP contribution is 2.77. The monoisotopic (exact) mass is 475 g/mol. The van der Waals surface area contributed by atoms with Crippen LogP contribution in [-0.4, -0.2) is 15.7 Å². The van der Waals surface area contributed by atoms with Crippen LogP contribution < -0.4 is 5.32 Å². The van der Waals surface area contributed by atoms with E-state index in [4.69, 9.17) is 11.6 Å². The molecule has 0 radical (unpaired) electrons. The van der Waals surface area contributed by atoms with Gasteiger partial charge in [-0.2, -0.15) is 5.10 Å². The van der Waals surface area contributed by atoms with Gasteiger partial charge in [0.2, 0.25) is 5.91 Å². The maximum absolute atomic E-state index is 13.4. The largest absolute Gasteiger partial charge is 0.349 e. The fraction of sp³-hybridized carbons (Fsp3) is 0.357. The number of allylic oxidation sites excluding steroid dienone is 1. The molecule has 1 N–H and O–H groups in total. The molecule has 1 heterocycles. The van der Waals surface area contributed by atoms with Gasteiger partial charge in [-0.05, 0) is 96.0 Å². The predicted octanol–water partition coefficient (Wildman–Crippen LogP) is 6.29. The first-order chi connectivity index (χ1) is 16.3. The lowest BCUT2D eigenvalue weighted by Gasteiger charge is -2.38. The lowest BCUT2D eigenvalue weighted by molar-refractivity contribution is -0.120. The van der Waals surface area contributed by atoms with Gasteiger partial charge in [-0.25, -0.2) is 9.07 Å². The molecular weight excluding hydrogens is 449 g/mol. The summed E-state index contributed by atoms with van der Waals surface area (Å²) in [5.41, 5.74) is 5.89. The highest BCUT2D eigenvalue weighted by Gasteiger charge is 2.70. The fourth-order valence-electron chi connectivity index (χ4n) is 6.79. The van der Waals surface area contributed by atoms with Gasteiger partial charge in [-0.3, -0.25) is 4.79 Å². The summed E-state index contributed by atoms with van der Waals surface area (Å²) in [5, 5.41) is 8.58. The van der Waals surface area contributed by atoms with E-state index in [0.29, 0.717) is 10.9 Å². The zero-order chi connectivity index (χ0) is 23.7. The van der Waals surface area contributed by atoms with Crippen molar-refractivity contribution < 1.29 is 9.18 Å². The lowest BCUT2D eigenvalue weighted by atomic mass is 9.66. The average molecular weight is 476 g/mol. The molecule has 0 saturated heterocycles.